The summed E-state index contributed by atoms with van der Waals surface area (Å²) in [7, 11) is 0. The lowest BCUT2D eigenvalue weighted by atomic mass is 9.84. The van der Waals surface area contributed by atoms with Gasteiger partial charge in [-0.1, -0.05) is 66.7 Å². The monoisotopic (exact) mass is 471 g/mol. The number of amides is 1. The Labute approximate surface area is 208 Å². The molecule has 1 amide bonds. The van der Waals surface area contributed by atoms with E-state index in [9.17, 15) is 4.79 Å². The molecule has 5 nitrogen and oxygen atoms in total. The maximum atomic E-state index is 13.6. The number of para-hydroxylation sites is 2. The Kier molecular flexibility index (Phi) is 7.34. The van der Waals surface area contributed by atoms with Crippen molar-refractivity contribution < 1.29 is 18.8 Å². The van der Waals surface area contributed by atoms with Crippen molar-refractivity contribution in [3.8, 4) is 5.75 Å². The number of nitrogens with zero attached hydrogens (tertiary/aromatic N) is 2. The first-order chi connectivity index (χ1) is 17.2. The van der Waals surface area contributed by atoms with Crippen LogP contribution in [0, 0.1) is 5.92 Å². The molecule has 0 saturated carbocycles. The fourth-order valence-electron chi connectivity index (χ4n) is 5.56. The SMILES string of the molecule is O=C(O[C@@H]1CC2CC[N+]1(CCOc1ccccc1)CC2)N(CCc1ccccc1)c1ccccc1. The molecule has 3 saturated heterocycles. The molecule has 3 fully saturated rings. The zero-order valence-corrected chi connectivity index (χ0v) is 20.3. The highest BCUT2D eigenvalue weighted by atomic mass is 16.6. The normalized spacial score (nSPS) is 23.0. The van der Waals surface area contributed by atoms with Crippen molar-refractivity contribution in [2.45, 2.75) is 31.9 Å². The number of ether oxygens (including phenoxy) is 2. The number of carbonyl (C=O) groups is 1. The topological polar surface area (TPSA) is 38.8 Å². The molecule has 3 aromatic carbocycles. The summed E-state index contributed by atoms with van der Waals surface area (Å²) < 4.78 is 13.2. The molecule has 35 heavy (non-hydrogen) atoms. The van der Waals surface area contributed by atoms with Crippen LogP contribution in [0.1, 0.15) is 24.8 Å². The molecule has 3 heterocycles. The Bertz CT molecular complexity index is 1070. The van der Waals surface area contributed by atoms with Crippen LogP contribution in [0.4, 0.5) is 10.5 Å². The molecule has 0 aliphatic carbocycles. The molecule has 0 radical (unpaired) electrons. The average Bonchev–Trinajstić information content (AvgIpc) is 2.91. The van der Waals surface area contributed by atoms with Gasteiger partial charge in [0.2, 0.25) is 6.23 Å². The molecular weight excluding hydrogens is 436 g/mol. The number of piperidine rings is 3. The first-order valence-corrected chi connectivity index (χ1v) is 12.8. The van der Waals surface area contributed by atoms with Crippen LogP contribution in [-0.2, 0) is 11.2 Å². The predicted octanol–water partition coefficient (Wildman–Crippen LogP) is 5.91. The zero-order chi connectivity index (χ0) is 23.9. The zero-order valence-electron chi connectivity index (χ0n) is 20.3. The molecule has 3 aromatic rings. The van der Waals surface area contributed by atoms with Crippen LogP contribution in [0.3, 0.4) is 0 Å². The molecular formula is C30H35N2O3+. The summed E-state index contributed by atoms with van der Waals surface area (Å²) in [5.41, 5.74) is 2.09. The van der Waals surface area contributed by atoms with Gasteiger partial charge < -0.3 is 9.47 Å². The molecule has 0 spiro atoms. The smallest absolute Gasteiger partial charge is 0.418 e. The second-order valence-electron chi connectivity index (χ2n) is 9.79. The number of hydrogen-bond donors (Lipinski definition) is 0. The summed E-state index contributed by atoms with van der Waals surface area (Å²) in [5.74, 6) is 1.54. The summed E-state index contributed by atoms with van der Waals surface area (Å²) in [6.45, 7) is 4.17. The summed E-state index contributed by atoms with van der Waals surface area (Å²) >= 11 is 0. The number of anilines is 1. The lowest BCUT2D eigenvalue weighted by Gasteiger charge is -2.53. The van der Waals surface area contributed by atoms with Gasteiger partial charge in [0, 0.05) is 31.5 Å². The van der Waals surface area contributed by atoms with Crippen molar-refractivity contribution >= 4 is 11.8 Å². The maximum Gasteiger partial charge on any atom is 0.418 e. The van der Waals surface area contributed by atoms with E-state index in [0.29, 0.717) is 19.1 Å². The second-order valence-corrected chi connectivity index (χ2v) is 9.79. The minimum atomic E-state index is -0.244. The van der Waals surface area contributed by atoms with Gasteiger partial charge in [-0.05, 0) is 42.2 Å². The van der Waals surface area contributed by atoms with Crippen LogP contribution < -0.4 is 9.64 Å². The van der Waals surface area contributed by atoms with Gasteiger partial charge in [0.25, 0.3) is 0 Å². The minimum absolute atomic E-state index is 0.114. The number of rotatable bonds is 9. The van der Waals surface area contributed by atoms with Gasteiger partial charge in [-0.15, -0.1) is 0 Å². The molecule has 0 aromatic heterocycles. The number of carbonyl (C=O) groups excluding carboxylic acids is 1. The molecule has 2 bridgehead atoms. The average molecular weight is 472 g/mol. The van der Waals surface area contributed by atoms with Gasteiger partial charge in [0.05, 0.1) is 13.1 Å². The van der Waals surface area contributed by atoms with E-state index in [-0.39, 0.29) is 12.3 Å². The number of fused-ring (bicyclic) bond motifs is 3. The largest absolute Gasteiger partial charge is 0.488 e. The second kappa shape index (κ2) is 11.0. The third-order valence-corrected chi connectivity index (χ3v) is 7.65. The van der Waals surface area contributed by atoms with E-state index in [0.717, 1.165) is 48.4 Å². The van der Waals surface area contributed by atoms with Crippen LogP contribution in [0.25, 0.3) is 0 Å². The summed E-state index contributed by atoms with van der Waals surface area (Å²) in [4.78, 5) is 15.4. The molecule has 0 unspecified atom stereocenters. The van der Waals surface area contributed by atoms with E-state index in [4.69, 9.17) is 9.47 Å². The van der Waals surface area contributed by atoms with Crippen LogP contribution in [0.2, 0.25) is 0 Å². The van der Waals surface area contributed by atoms with Crippen LogP contribution >= 0.6 is 0 Å². The molecule has 5 heteroatoms. The lowest BCUT2D eigenvalue weighted by Crippen LogP contribution is -2.66. The third-order valence-electron chi connectivity index (χ3n) is 7.65. The van der Waals surface area contributed by atoms with E-state index >= 15 is 0 Å². The van der Waals surface area contributed by atoms with E-state index in [1.807, 2.05) is 78.9 Å². The first kappa shape index (κ1) is 23.4. The molecule has 1 atom stereocenters. The van der Waals surface area contributed by atoms with Crippen molar-refractivity contribution in [2.75, 3.05) is 37.7 Å². The van der Waals surface area contributed by atoms with Gasteiger partial charge >= 0.3 is 6.09 Å². The number of hydrogen-bond acceptors (Lipinski definition) is 3. The van der Waals surface area contributed by atoms with Crippen LogP contribution in [0.15, 0.2) is 91.0 Å². The fraction of sp³-hybridized carbons (Fsp3) is 0.367. The molecule has 3 aliphatic heterocycles. The van der Waals surface area contributed by atoms with Gasteiger partial charge in [-0.25, -0.2) is 4.79 Å². The highest BCUT2D eigenvalue weighted by Gasteiger charge is 2.49. The molecule has 0 N–H and O–H groups in total. The summed E-state index contributed by atoms with van der Waals surface area (Å²) in [6, 6.07) is 30.2. The van der Waals surface area contributed by atoms with Gasteiger partial charge in [-0.3, -0.25) is 9.38 Å². The predicted molar refractivity (Wildman–Crippen MR) is 138 cm³/mol. The van der Waals surface area contributed by atoms with Crippen molar-refractivity contribution in [1.82, 2.24) is 0 Å². The first-order valence-electron chi connectivity index (χ1n) is 12.8. The summed E-state index contributed by atoms with van der Waals surface area (Å²) in [5, 5.41) is 0. The fourth-order valence-corrected chi connectivity index (χ4v) is 5.56. The van der Waals surface area contributed by atoms with Gasteiger partial charge in [-0.2, -0.15) is 0 Å². The van der Waals surface area contributed by atoms with E-state index < -0.39 is 0 Å². The van der Waals surface area contributed by atoms with Crippen molar-refractivity contribution in [1.29, 1.82) is 0 Å². The quantitative estimate of drug-likeness (QED) is 0.364. The van der Waals surface area contributed by atoms with Crippen molar-refractivity contribution in [2.24, 2.45) is 5.92 Å². The van der Waals surface area contributed by atoms with Crippen molar-refractivity contribution in [3.63, 3.8) is 0 Å². The van der Waals surface area contributed by atoms with E-state index in [1.54, 1.807) is 4.90 Å². The Morgan fingerprint density at radius 3 is 2.17 bits per heavy atom. The van der Waals surface area contributed by atoms with Gasteiger partial charge in [0.15, 0.2) is 0 Å². The molecule has 6 rings (SSSR count). The minimum Gasteiger partial charge on any atom is -0.488 e. The Morgan fingerprint density at radius 1 is 0.857 bits per heavy atom. The Hall–Kier alpha value is -3.31. The molecule has 182 valence electrons. The maximum absolute atomic E-state index is 13.6. The van der Waals surface area contributed by atoms with Crippen LogP contribution in [0.5, 0.6) is 5.75 Å². The van der Waals surface area contributed by atoms with Crippen LogP contribution in [-0.4, -0.2) is 49.6 Å². The summed E-state index contributed by atoms with van der Waals surface area (Å²) in [6.07, 6.45) is 3.77. The van der Waals surface area contributed by atoms with E-state index in [2.05, 4.69) is 12.1 Å². The standard InChI is InChI=1S/C30H35N2O3/c33-30(31(27-12-6-2-7-13-27)19-16-25-10-4-1-5-11-25)35-29-24-26-17-20-32(29,21-18-26)22-23-34-28-14-8-3-9-15-28/h1-15,26,29H,16-24H2/q+1/t26?,29-,32?/m1/s1. The van der Waals surface area contributed by atoms with Gasteiger partial charge in [0.1, 0.15) is 18.9 Å². The highest BCUT2D eigenvalue weighted by molar-refractivity contribution is 5.87. The number of quaternary nitrogens is 1. The van der Waals surface area contributed by atoms with Crippen molar-refractivity contribution in [3.05, 3.63) is 96.6 Å². The Morgan fingerprint density at radius 2 is 1.49 bits per heavy atom. The third kappa shape index (κ3) is 5.68. The van der Waals surface area contributed by atoms with E-state index in [1.165, 1.54) is 18.4 Å². The Balaban J connectivity index is 1.28. The highest BCUT2D eigenvalue weighted by Crippen LogP contribution is 2.39. The number of benzene rings is 3. The molecule has 3 aliphatic rings. The lowest BCUT2D eigenvalue weighted by molar-refractivity contribution is -0.983.